The minimum atomic E-state index is -1.96. The molecule has 2 nitrogen and oxygen atoms in total. The molecule has 0 saturated heterocycles. The highest BCUT2D eigenvalue weighted by Crippen LogP contribution is 2.49. The summed E-state index contributed by atoms with van der Waals surface area (Å²) in [7, 11) is -1.96. The van der Waals surface area contributed by atoms with Crippen LogP contribution in [-0.2, 0) is 4.43 Å². The molecular weight excluding hydrogens is 269 g/mol. The molecule has 1 aliphatic carbocycles. The van der Waals surface area contributed by atoms with E-state index >= 15 is 0 Å². The molecule has 4 heteroatoms. The second-order valence-electron chi connectivity index (χ2n) is 7.46. The predicted molar refractivity (Wildman–Crippen MR) is 84.7 cm³/mol. The smallest absolute Gasteiger partial charge is 0.260 e. The van der Waals surface area contributed by atoms with Crippen LogP contribution < -0.4 is 0 Å². The Kier molecular flexibility index (Phi) is 4.88. The van der Waals surface area contributed by atoms with Crippen LogP contribution >= 0.6 is 0 Å². The van der Waals surface area contributed by atoms with Crippen LogP contribution in [0, 0.1) is 12.5 Å². The van der Waals surface area contributed by atoms with Gasteiger partial charge >= 0.3 is 0 Å². The Hall–Kier alpha value is -0.663. The maximum Gasteiger partial charge on any atom is 0.260 e. The fourth-order valence-corrected chi connectivity index (χ4v) is 4.11. The average Bonchev–Trinajstić information content (AvgIpc) is 2.58. The first-order chi connectivity index (χ1) is 9.05. The molecule has 114 valence electrons. The van der Waals surface area contributed by atoms with E-state index in [1.165, 1.54) is 0 Å². The van der Waals surface area contributed by atoms with Crippen LogP contribution in [0.5, 0.6) is 0 Å². The van der Waals surface area contributed by atoms with Gasteiger partial charge < -0.3 is 9.27 Å². The van der Waals surface area contributed by atoms with Crippen molar-refractivity contribution in [3.63, 3.8) is 0 Å². The standard InChI is InChI=1S/C16H28FNOSi/c1-9-16(18-6)12(2)10-14(13(16)11-17)19-20(7,8)15(3,4)5/h11-12,14H,9-10H2,1-5,7-8H3/b13-11-/t12-,14+,16-/m0/s1. The summed E-state index contributed by atoms with van der Waals surface area (Å²) in [6.45, 7) is 22.4. The lowest BCUT2D eigenvalue weighted by Crippen LogP contribution is -2.44. The second-order valence-corrected chi connectivity index (χ2v) is 12.2. The van der Waals surface area contributed by atoms with E-state index in [0.717, 1.165) is 6.42 Å². The van der Waals surface area contributed by atoms with Crippen molar-refractivity contribution in [3.8, 4) is 0 Å². The molecule has 0 bridgehead atoms. The molecule has 0 spiro atoms. The van der Waals surface area contributed by atoms with Crippen LogP contribution in [0.2, 0.25) is 18.1 Å². The molecule has 1 aliphatic rings. The first kappa shape index (κ1) is 17.4. The van der Waals surface area contributed by atoms with Gasteiger partial charge in [0, 0.05) is 12.3 Å². The molecule has 1 rings (SSSR count). The summed E-state index contributed by atoms with van der Waals surface area (Å²) in [5.74, 6) is 0.141. The Labute approximate surface area is 124 Å². The van der Waals surface area contributed by atoms with Crippen LogP contribution in [0.1, 0.15) is 47.5 Å². The van der Waals surface area contributed by atoms with Gasteiger partial charge in [0.2, 0.25) is 0 Å². The monoisotopic (exact) mass is 297 g/mol. The number of nitrogens with zero attached hydrogens (tertiary/aromatic N) is 1. The van der Waals surface area contributed by atoms with Crippen LogP contribution in [0.25, 0.3) is 4.85 Å². The van der Waals surface area contributed by atoms with Gasteiger partial charge in [0.15, 0.2) is 8.32 Å². The fraction of sp³-hybridized carbons (Fsp3) is 0.812. The lowest BCUT2D eigenvalue weighted by molar-refractivity contribution is 0.211. The second kappa shape index (κ2) is 5.61. The molecule has 20 heavy (non-hydrogen) atoms. The summed E-state index contributed by atoms with van der Waals surface area (Å²) >= 11 is 0. The van der Waals surface area contributed by atoms with Gasteiger partial charge in [-0.25, -0.2) is 11.0 Å². The van der Waals surface area contributed by atoms with Crippen molar-refractivity contribution in [2.45, 2.75) is 77.2 Å². The van der Waals surface area contributed by atoms with Gasteiger partial charge in [0.25, 0.3) is 5.54 Å². The summed E-state index contributed by atoms with van der Waals surface area (Å²) in [6.07, 6.45) is 1.80. The molecule has 0 aromatic heterocycles. The summed E-state index contributed by atoms with van der Waals surface area (Å²) in [5.41, 5.74) is -0.144. The lowest BCUT2D eigenvalue weighted by Gasteiger charge is -2.38. The molecule has 1 saturated carbocycles. The minimum Gasteiger partial charge on any atom is -0.410 e. The average molecular weight is 297 g/mol. The molecule has 0 heterocycles. The first-order valence-corrected chi connectivity index (χ1v) is 10.3. The van der Waals surface area contributed by atoms with E-state index in [0.29, 0.717) is 18.3 Å². The van der Waals surface area contributed by atoms with Crippen molar-refractivity contribution in [3.05, 3.63) is 23.3 Å². The molecule has 0 unspecified atom stereocenters. The van der Waals surface area contributed by atoms with Crippen LogP contribution in [-0.4, -0.2) is 20.0 Å². The van der Waals surface area contributed by atoms with E-state index < -0.39 is 13.9 Å². The molecule has 0 aliphatic heterocycles. The van der Waals surface area contributed by atoms with Gasteiger partial charge in [-0.2, -0.15) is 0 Å². The quantitative estimate of drug-likeness (QED) is 0.506. The van der Waals surface area contributed by atoms with Crippen molar-refractivity contribution in [1.82, 2.24) is 0 Å². The fourth-order valence-electron chi connectivity index (χ4n) is 2.82. The van der Waals surface area contributed by atoms with Gasteiger partial charge in [-0.15, -0.1) is 0 Å². The van der Waals surface area contributed by atoms with Gasteiger partial charge in [-0.3, -0.25) is 0 Å². The molecule has 0 aromatic carbocycles. The molecule has 0 radical (unpaired) electrons. The first-order valence-electron chi connectivity index (χ1n) is 7.43. The molecule has 0 N–H and O–H groups in total. The zero-order chi connectivity index (χ0) is 15.8. The number of rotatable bonds is 3. The van der Waals surface area contributed by atoms with Gasteiger partial charge in [0.05, 0.1) is 18.0 Å². The Bertz CT molecular complexity index is 433. The van der Waals surface area contributed by atoms with Gasteiger partial charge in [0.1, 0.15) is 0 Å². The van der Waals surface area contributed by atoms with Crippen LogP contribution in [0.3, 0.4) is 0 Å². The molecule has 0 amide bonds. The van der Waals surface area contributed by atoms with E-state index in [-0.39, 0.29) is 17.1 Å². The number of hydrogen-bond acceptors (Lipinski definition) is 1. The Balaban J connectivity index is 3.10. The summed E-state index contributed by atoms with van der Waals surface area (Å²) in [4.78, 5) is 3.79. The van der Waals surface area contributed by atoms with E-state index in [1.54, 1.807) is 0 Å². The highest BCUT2D eigenvalue weighted by molar-refractivity contribution is 6.74. The maximum atomic E-state index is 13.5. The van der Waals surface area contributed by atoms with Crippen LogP contribution in [0.4, 0.5) is 4.39 Å². The lowest BCUT2D eigenvalue weighted by atomic mass is 9.84. The molecule has 0 aromatic rings. The summed E-state index contributed by atoms with van der Waals surface area (Å²) < 4.78 is 19.9. The topological polar surface area (TPSA) is 13.6 Å². The SMILES string of the molecule is [C-]#[N+][C@]1(CC)/C(=C\F)[C@H](O[Si](C)(C)C(C)(C)C)C[C@@H]1C. The van der Waals surface area contributed by atoms with Gasteiger partial charge in [-0.05, 0) is 24.6 Å². The third-order valence-corrected chi connectivity index (χ3v) is 9.81. The Morgan fingerprint density at radius 1 is 1.50 bits per heavy atom. The van der Waals surface area contributed by atoms with E-state index in [2.05, 4.69) is 38.7 Å². The minimum absolute atomic E-state index is 0.0905. The highest BCUT2D eigenvalue weighted by Gasteiger charge is 2.56. The summed E-state index contributed by atoms with van der Waals surface area (Å²) in [5, 5.41) is 0.0905. The van der Waals surface area contributed by atoms with Crippen molar-refractivity contribution >= 4 is 8.32 Å². The van der Waals surface area contributed by atoms with Gasteiger partial charge in [-0.1, -0.05) is 34.6 Å². The normalized spacial score (nSPS) is 33.5. The maximum absolute atomic E-state index is 13.5. The zero-order valence-electron chi connectivity index (χ0n) is 13.9. The Morgan fingerprint density at radius 2 is 2.05 bits per heavy atom. The van der Waals surface area contributed by atoms with Crippen molar-refractivity contribution in [1.29, 1.82) is 0 Å². The third-order valence-electron chi connectivity index (χ3n) is 5.33. The number of hydrogen-bond donors (Lipinski definition) is 0. The number of halogens is 1. The highest BCUT2D eigenvalue weighted by atomic mass is 28.4. The molecule has 1 fully saturated rings. The van der Waals surface area contributed by atoms with E-state index in [9.17, 15) is 4.39 Å². The van der Waals surface area contributed by atoms with E-state index in [1.807, 2.05) is 13.8 Å². The predicted octanol–water partition coefficient (Wildman–Crippen LogP) is 5.34. The van der Waals surface area contributed by atoms with Crippen molar-refractivity contribution in [2.24, 2.45) is 5.92 Å². The largest absolute Gasteiger partial charge is 0.410 e. The Morgan fingerprint density at radius 3 is 2.40 bits per heavy atom. The molecule has 3 atom stereocenters. The zero-order valence-corrected chi connectivity index (χ0v) is 14.9. The van der Waals surface area contributed by atoms with Crippen molar-refractivity contribution in [2.75, 3.05) is 0 Å². The molecular formula is C16H28FNOSi. The van der Waals surface area contributed by atoms with Crippen molar-refractivity contribution < 1.29 is 8.82 Å². The van der Waals surface area contributed by atoms with Crippen LogP contribution in [0.15, 0.2) is 11.9 Å². The summed E-state index contributed by atoms with van der Waals surface area (Å²) in [6, 6.07) is 0. The van der Waals surface area contributed by atoms with E-state index in [4.69, 9.17) is 11.0 Å². The third kappa shape index (κ3) is 2.71.